The van der Waals surface area contributed by atoms with Crippen molar-refractivity contribution < 1.29 is 19.5 Å². The maximum absolute atomic E-state index is 11.2. The maximum atomic E-state index is 11.2. The molecule has 1 fully saturated rings. The molecule has 1 aromatic heterocycles. The van der Waals surface area contributed by atoms with Crippen LogP contribution in [0, 0.1) is 0 Å². The predicted molar refractivity (Wildman–Crippen MR) is 76.3 cm³/mol. The van der Waals surface area contributed by atoms with Gasteiger partial charge in [0.15, 0.2) is 5.75 Å². The van der Waals surface area contributed by atoms with Gasteiger partial charge in [-0.1, -0.05) is 0 Å². The van der Waals surface area contributed by atoms with Crippen LogP contribution >= 0.6 is 0 Å². The number of carboxylic acids is 1. The topological polar surface area (TPSA) is 71.9 Å². The minimum Gasteiger partial charge on any atom is -0.497 e. The molecule has 1 aliphatic rings. The molecule has 6 nitrogen and oxygen atoms in total. The van der Waals surface area contributed by atoms with E-state index in [0.29, 0.717) is 18.7 Å². The molecule has 0 bridgehead atoms. The molecule has 1 unspecified atom stereocenters. The minimum absolute atomic E-state index is 0.591. The average molecular weight is 288 g/mol. The highest BCUT2D eigenvalue weighted by atomic mass is 16.7. The number of carbonyl (C=O) groups is 1. The van der Waals surface area contributed by atoms with E-state index >= 15 is 0 Å². The second-order valence-corrected chi connectivity index (χ2v) is 4.92. The molecule has 21 heavy (non-hydrogen) atoms. The van der Waals surface area contributed by atoms with Gasteiger partial charge in [-0.2, -0.15) is 0 Å². The van der Waals surface area contributed by atoms with Crippen molar-refractivity contribution in [3.63, 3.8) is 0 Å². The molecule has 2 aromatic rings. The third-order valence-electron chi connectivity index (χ3n) is 3.61. The molecule has 3 rings (SSSR count). The lowest BCUT2D eigenvalue weighted by molar-refractivity contribution is -0.154. The van der Waals surface area contributed by atoms with Crippen molar-refractivity contribution >= 4 is 16.9 Å². The van der Waals surface area contributed by atoms with Gasteiger partial charge in [-0.15, -0.1) is 5.06 Å². The maximum Gasteiger partial charge on any atom is 0.324 e. The van der Waals surface area contributed by atoms with Gasteiger partial charge in [0.25, 0.3) is 0 Å². The first kappa shape index (κ1) is 13.6. The summed E-state index contributed by atoms with van der Waals surface area (Å²) in [4.78, 5) is 21.3. The number of hydroxylamine groups is 2. The minimum atomic E-state index is -0.854. The number of fused-ring (bicyclic) bond motifs is 1. The van der Waals surface area contributed by atoms with Crippen molar-refractivity contribution in [2.75, 3.05) is 13.7 Å². The molecule has 0 saturated carbocycles. The number of hydrogen-bond acceptors (Lipinski definition) is 5. The number of aliphatic carboxylic acids is 1. The monoisotopic (exact) mass is 288 g/mol. The van der Waals surface area contributed by atoms with Gasteiger partial charge in [0.2, 0.25) is 0 Å². The Kier molecular flexibility index (Phi) is 3.62. The third-order valence-corrected chi connectivity index (χ3v) is 3.61. The van der Waals surface area contributed by atoms with Crippen LogP contribution in [0.25, 0.3) is 10.9 Å². The number of carboxylic acid groups (broad SMARTS) is 1. The number of ether oxygens (including phenoxy) is 1. The van der Waals surface area contributed by atoms with Crippen LogP contribution in [0.2, 0.25) is 0 Å². The molecule has 1 N–H and O–H groups in total. The zero-order valence-corrected chi connectivity index (χ0v) is 11.7. The highest BCUT2D eigenvalue weighted by Gasteiger charge is 2.32. The molecular formula is C15H16N2O4. The normalized spacial score (nSPS) is 18.8. The first-order valence-electron chi connectivity index (χ1n) is 6.79. The molecule has 1 aromatic carbocycles. The van der Waals surface area contributed by atoms with Crippen molar-refractivity contribution in [2.45, 2.75) is 18.9 Å². The Hall–Kier alpha value is -2.34. The van der Waals surface area contributed by atoms with Crippen molar-refractivity contribution in [2.24, 2.45) is 0 Å². The Morgan fingerprint density at radius 3 is 3.05 bits per heavy atom. The van der Waals surface area contributed by atoms with Crippen LogP contribution in [0.1, 0.15) is 12.8 Å². The first-order chi connectivity index (χ1) is 10.2. The van der Waals surface area contributed by atoms with E-state index in [1.165, 1.54) is 5.06 Å². The van der Waals surface area contributed by atoms with E-state index in [1.807, 2.05) is 18.2 Å². The van der Waals surface area contributed by atoms with Gasteiger partial charge in [-0.05, 0) is 25.0 Å². The van der Waals surface area contributed by atoms with Crippen LogP contribution in [0.5, 0.6) is 11.5 Å². The van der Waals surface area contributed by atoms with Crippen LogP contribution in [0.3, 0.4) is 0 Å². The van der Waals surface area contributed by atoms with Crippen molar-refractivity contribution in [3.05, 3.63) is 30.5 Å². The molecule has 6 heteroatoms. The lowest BCUT2D eigenvalue weighted by Crippen LogP contribution is -2.38. The van der Waals surface area contributed by atoms with Crippen LogP contribution in [0.4, 0.5) is 0 Å². The lowest BCUT2D eigenvalue weighted by Gasteiger charge is -2.22. The Morgan fingerprint density at radius 2 is 2.29 bits per heavy atom. The lowest BCUT2D eigenvalue weighted by atomic mass is 10.2. The summed E-state index contributed by atoms with van der Waals surface area (Å²) in [5.74, 6) is 0.472. The summed E-state index contributed by atoms with van der Waals surface area (Å²) >= 11 is 0. The Bertz CT molecular complexity index is 674. The van der Waals surface area contributed by atoms with Crippen LogP contribution in [-0.4, -0.2) is 40.8 Å². The predicted octanol–water partition coefficient (Wildman–Crippen LogP) is 2.09. The van der Waals surface area contributed by atoms with E-state index in [9.17, 15) is 9.90 Å². The van der Waals surface area contributed by atoms with Gasteiger partial charge in [0.1, 0.15) is 11.8 Å². The van der Waals surface area contributed by atoms with Gasteiger partial charge in [0.05, 0.1) is 12.6 Å². The summed E-state index contributed by atoms with van der Waals surface area (Å²) in [7, 11) is 1.60. The van der Waals surface area contributed by atoms with Crippen LogP contribution in [-0.2, 0) is 4.79 Å². The van der Waals surface area contributed by atoms with Gasteiger partial charge < -0.3 is 14.7 Å². The van der Waals surface area contributed by atoms with E-state index in [0.717, 1.165) is 23.1 Å². The number of hydrogen-bond donors (Lipinski definition) is 1. The van der Waals surface area contributed by atoms with E-state index in [-0.39, 0.29) is 0 Å². The van der Waals surface area contributed by atoms with Crippen molar-refractivity contribution in [3.8, 4) is 11.5 Å². The zero-order valence-electron chi connectivity index (χ0n) is 11.7. The van der Waals surface area contributed by atoms with E-state index in [2.05, 4.69) is 4.98 Å². The molecular weight excluding hydrogens is 272 g/mol. The van der Waals surface area contributed by atoms with Crippen LogP contribution in [0.15, 0.2) is 30.5 Å². The van der Waals surface area contributed by atoms with E-state index < -0.39 is 12.0 Å². The summed E-state index contributed by atoms with van der Waals surface area (Å²) in [5, 5.41) is 11.5. The Morgan fingerprint density at radius 1 is 1.43 bits per heavy atom. The molecule has 0 spiro atoms. The summed E-state index contributed by atoms with van der Waals surface area (Å²) < 4.78 is 5.18. The quantitative estimate of drug-likeness (QED) is 0.928. The summed E-state index contributed by atoms with van der Waals surface area (Å²) in [5.41, 5.74) is 0.748. The van der Waals surface area contributed by atoms with Gasteiger partial charge >= 0.3 is 5.97 Å². The highest BCUT2D eigenvalue weighted by Crippen LogP contribution is 2.29. The van der Waals surface area contributed by atoms with Crippen LogP contribution < -0.4 is 9.57 Å². The number of pyridine rings is 1. The molecule has 0 radical (unpaired) electrons. The SMILES string of the molecule is COc1ccc2c(ON3CCCC3C(=O)O)ccnc2c1. The second kappa shape index (κ2) is 5.57. The largest absolute Gasteiger partial charge is 0.497 e. The fourth-order valence-electron chi connectivity index (χ4n) is 2.53. The Labute approximate surface area is 121 Å². The number of benzene rings is 1. The second-order valence-electron chi connectivity index (χ2n) is 4.92. The van der Waals surface area contributed by atoms with E-state index in [1.54, 1.807) is 19.4 Å². The molecule has 1 atom stereocenters. The summed E-state index contributed by atoms with van der Waals surface area (Å²) in [6.07, 6.45) is 3.06. The first-order valence-corrected chi connectivity index (χ1v) is 6.79. The third kappa shape index (κ3) is 2.62. The molecule has 1 saturated heterocycles. The average Bonchev–Trinajstić information content (AvgIpc) is 2.95. The number of methoxy groups -OCH3 is 1. The van der Waals surface area contributed by atoms with Crippen molar-refractivity contribution in [1.82, 2.24) is 10.0 Å². The number of nitrogens with zero attached hydrogens (tertiary/aromatic N) is 2. The zero-order chi connectivity index (χ0) is 14.8. The summed E-state index contributed by atoms with van der Waals surface area (Å²) in [6, 6.07) is 6.66. The van der Waals surface area contributed by atoms with Crippen molar-refractivity contribution in [1.29, 1.82) is 0 Å². The molecule has 1 aliphatic heterocycles. The standard InChI is InChI=1S/C15H16N2O4/c1-20-10-4-5-11-12(9-10)16-7-6-14(11)21-17-8-2-3-13(17)15(18)19/h4-7,9,13H,2-3,8H2,1H3,(H,18,19). The smallest absolute Gasteiger partial charge is 0.324 e. The fraction of sp³-hybridized carbons (Fsp3) is 0.333. The number of aromatic nitrogens is 1. The molecule has 0 amide bonds. The summed E-state index contributed by atoms with van der Waals surface area (Å²) in [6.45, 7) is 0.608. The van der Waals surface area contributed by atoms with Gasteiger partial charge in [-0.25, -0.2) is 0 Å². The molecule has 0 aliphatic carbocycles. The van der Waals surface area contributed by atoms with Gasteiger partial charge in [0, 0.05) is 30.3 Å². The van der Waals surface area contributed by atoms with E-state index in [4.69, 9.17) is 9.57 Å². The fourth-order valence-corrected chi connectivity index (χ4v) is 2.53. The molecule has 2 heterocycles. The molecule has 110 valence electrons. The Balaban J connectivity index is 1.92. The highest BCUT2D eigenvalue weighted by molar-refractivity contribution is 5.86. The van der Waals surface area contributed by atoms with Gasteiger partial charge in [-0.3, -0.25) is 9.78 Å². The number of rotatable bonds is 4.